The van der Waals surface area contributed by atoms with E-state index in [0.717, 1.165) is 36.2 Å². The Bertz CT molecular complexity index is 416. The maximum atomic E-state index is 11.7. The minimum atomic E-state index is -0.0168. The molecule has 1 heterocycles. The standard InChI is InChI=1S/C15H21BrN2O2/c16-12-4-6-13(7-5-12)18-15(19)11-17-9-8-14-3-1-2-10-20-14/h4-7,14,17H,1-3,8-11H2,(H,18,19). The van der Waals surface area contributed by atoms with E-state index in [4.69, 9.17) is 4.74 Å². The van der Waals surface area contributed by atoms with Gasteiger partial charge < -0.3 is 15.4 Å². The Balaban J connectivity index is 1.59. The van der Waals surface area contributed by atoms with Crippen LogP contribution in [-0.2, 0) is 9.53 Å². The van der Waals surface area contributed by atoms with Crippen molar-refractivity contribution in [3.8, 4) is 0 Å². The predicted octanol–water partition coefficient (Wildman–Crippen LogP) is 2.94. The molecular formula is C15H21BrN2O2. The Morgan fingerprint density at radius 3 is 2.80 bits per heavy atom. The van der Waals surface area contributed by atoms with Gasteiger partial charge in [-0.15, -0.1) is 0 Å². The lowest BCUT2D eigenvalue weighted by Crippen LogP contribution is -2.31. The summed E-state index contributed by atoms with van der Waals surface area (Å²) in [6.45, 7) is 2.04. The first-order chi connectivity index (χ1) is 9.74. The maximum absolute atomic E-state index is 11.7. The van der Waals surface area contributed by atoms with Crippen molar-refractivity contribution < 1.29 is 9.53 Å². The first-order valence-electron chi connectivity index (χ1n) is 7.12. The van der Waals surface area contributed by atoms with E-state index in [1.165, 1.54) is 12.8 Å². The van der Waals surface area contributed by atoms with Crippen molar-refractivity contribution in [2.75, 3.05) is 25.0 Å². The Hall–Kier alpha value is -0.910. The zero-order valence-electron chi connectivity index (χ0n) is 11.5. The van der Waals surface area contributed by atoms with Crippen LogP contribution in [0.15, 0.2) is 28.7 Å². The number of amides is 1. The molecule has 1 aliphatic rings. The van der Waals surface area contributed by atoms with Crippen molar-refractivity contribution in [3.05, 3.63) is 28.7 Å². The summed E-state index contributed by atoms with van der Waals surface area (Å²) in [5.41, 5.74) is 0.815. The fourth-order valence-electron chi connectivity index (χ4n) is 2.24. The van der Waals surface area contributed by atoms with Crippen LogP contribution in [0.4, 0.5) is 5.69 Å². The van der Waals surface area contributed by atoms with Crippen molar-refractivity contribution in [2.45, 2.75) is 31.8 Å². The first kappa shape index (κ1) is 15.5. The molecule has 4 nitrogen and oxygen atoms in total. The van der Waals surface area contributed by atoms with E-state index in [9.17, 15) is 4.79 Å². The zero-order valence-corrected chi connectivity index (χ0v) is 13.1. The van der Waals surface area contributed by atoms with E-state index in [2.05, 4.69) is 26.6 Å². The van der Waals surface area contributed by atoms with Crippen molar-refractivity contribution in [1.29, 1.82) is 0 Å². The van der Waals surface area contributed by atoms with Crippen LogP contribution < -0.4 is 10.6 Å². The van der Waals surface area contributed by atoms with Crippen LogP contribution in [0, 0.1) is 0 Å². The Labute approximate surface area is 128 Å². The van der Waals surface area contributed by atoms with Crippen LogP contribution in [0.1, 0.15) is 25.7 Å². The molecule has 2 rings (SSSR count). The predicted molar refractivity (Wildman–Crippen MR) is 83.8 cm³/mol. The highest BCUT2D eigenvalue weighted by Crippen LogP contribution is 2.15. The molecule has 0 radical (unpaired) electrons. The zero-order chi connectivity index (χ0) is 14.2. The fraction of sp³-hybridized carbons (Fsp3) is 0.533. The van der Waals surface area contributed by atoms with Gasteiger partial charge in [0, 0.05) is 16.8 Å². The average Bonchev–Trinajstić information content (AvgIpc) is 2.47. The van der Waals surface area contributed by atoms with Gasteiger partial charge in [-0.1, -0.05) is 15.9 Å². The summed E-state index contributed by atoms with van der Waals surface area (Å²) in [5, 5.41) is 6.02. The van der Waals surface area contributed by atoms with E-state index in [0.29, 0.717) is 12.6 Å². The summed E-state index contributed by atoms with van der Waals surface area (Å²) in [6.07, 6.45) is 4.93. The largest absolute Gasteiger partial charge is 0.378 e. The number of rotatable bonds is 6. The SMILES string of the molecule is O=C(CNCCC1CCCCO1)Nc1ccc(Br)cc1. The lowest BCUT2D eigenvalue weighted by molar-refractivity contribution is -0.115. The summed E-state index contributed by atoms with van der Waals surface area (Å²) in [4.78, 5) is 11.7. The topological polar surface area (TPSA) is 50.4 Å². The number of benzene rings is 1. The molecule has 20 heavy (non-hydrogen) atoms. The van der Waals surface area contributed by atoms with E-state index < -0.39 is 0 Å². The quantitative estimate of drug-likeness (QED) is 0.783. The van der Waals surface area contributed by atoms with Crippen LogP contribution in [0.25, 0.3) is 0 Å². The van der Waals surface area contributed by atoms with Gasteiger partial charge in [0.05, 0.1) is 12.6 Å². The lowest BCUT2D eigenvalue weighted by atomic mass is 10.1. The summed E-state index contributed by atoms with van der Waals surface area (Å²) >= 11 is 3.36. The third-order valence-electron chi connectivity index (χ3n) is 3.33. The van der Waals surface area contributed by atoms with Gasteiger partial charge in [-0.25, -0.2) is 0 Å². The molecule has 0 saturated carbocycles. The van der Waals surface area contributed by atoms with Gasteiger partial charge in [0.15, 0.2) is 0 Å². The van der Waals surface area contributed by atoms with Gasteiger partial charge in [-0.3, -0.25) is 4.79 Å². The normalized spacial score (nSPS) is 18.8. The Morgan fingerprint density at radius 1 is 1.30 bits per heavy atom. The maximum Gasteiger partial charge on any atom is 0.238 e. The molecular weight excluding hydrogens is 320 g/mol. The highest BCUT2D eigenvalue weighted by molar-refractivity contribution is 9.10. The molecule has 5 heteroatoms. The number of halogens is 1. The third kappa shape index (κ3) is 5.61. The number of hydrogen-bond donors (Lipinski definition) is 2. The minimum Gasteiger partial charge on any atom is -0.378 e. The monoisotopic (exact) mass is 340 g/mol. The molecule has 2 N–H and O–H groups in total. The fourth-order valence-corrected chi connectivity index (χ4v) is 2.50. The highest BCUT2D eigenvalue weighted by Gasteiger charge is 2.13. The Kier molecular flexibility index (Phi) is 6.50. The van der Waals surface area contributed by atoms with Gasteiger partial charge in [0.1, 0.15) is 0 Å². The second-order valence-corrected chi connectivity index (χ2v) is 5.92. The molecule has 0 aliphatic carbocycles. The lowest BCUT2D eigenvalue weighted by Gasteiger charge is -2.22. The molecule has 1 unspecified atom stereocenters. The third-order valence-corrected chi connectivity index (χ3v) is 3.86. The molecule has 1 aliphatic heterocycles. The van der Waals surface area contributed by atoms with E-state index in [1.807, 2.05) is 24.3 Å². The summed E-state index contributed by atoms with van der Waals surface area (Å²) in [7, 11) is 0. The van der Waals surface area contributed by atoms with Gasteiger partial charge in [-0.05, 0) is 56.5 Å². The number of hydrogen-bond acceptors (Lipinski definition) is 3. The van der Waals surface area contributed by atoms with Crippen LogP contribution >= 0.6 is 15.9 Å². The minimum absolute atomic E-state index is 0.0168. The van der Waals surface area contributed by atoms with Gasteiger partial charge in [0.2, 0.25) is 5.91 Å². The molecule has 0 aromatic heterocycles. The van der Waals surface area contributed by atoms with Crippen molar-refractivity contribution >= 4 is 27.5 Å². The van der Waals surface area contributed by atoms with Crippen LogP contribution in [0.2, 0.25) is 0 Å². The van der Waals surface area contributed by atoms with E-state index in [1.54, 1.807) is 0 Å². The smallest absolute Gasteiger partial charge is 0.238 e. The number of ether oxygens (including phenoxy) is 1. The van der Waals surface area contributed by atoms with Crippen LogP contribution in [0.5, 0.6) is 0 Å². The number of nitrogens with one attached hydrogen (secondary N) is 2. The molecule has 0 spiro atoms. The summed E-state index contributed by atoms with van der Waals surface area (Å²) in [6, 6.07) is 7.56. The molecule has 110 valence electrons. The molecule has 1 aromatic carbocycles. The van der Waals surface area contributed by atoms with Gasteiger partial charge in [-0.2, -0.15) is 0 Å². The molecule has 1 saturated heterocycles. The summed E-state index contributed by atoms with van der Waals surface area (Å²) in [5.74, 6) is -0.0168. The van der Waals surface area contributed by atoms with Crippen LogP contribution in [-0.4, -0.2) is 31.7 Å². The van der Waals surface area contributed by atoms with Crippen LogP contribution in [0.3, 0.4) is 0 Å². The summed E-state index contributed by atoms with van der Waals surface area (Å²) < 4.78 is 6.65. The van der Waals surface area contributed by atoms with Crippen molar-refractivity contribution in [1.82, 2.24) is 5.32 Å². The highest BCUT2D eigenvalue weighted by atomic mass is 79.9. The molecule has 1 amide bonds. The number of anilines is 1. The average molecular weight is 341 g/mol. The van der Waals surface area contributed by atoms with Gasteiger partial charge >= 0.3 is 0 Å². The first-order valence-corrected chi connectivity index (χ1v) is 7.91. The van der Waals surface area contributed by atoms with Gasteiger partial charge in [0.25, 0.3) is 0 Å². The van der Waals surface area contributed by atoms with Crippen molar-refractivity contribution in [2.24, 2.45) is 0 Å². The second kappa shape index (κ2) is 8.39. The van der Waals surface area contributed by atoms with E-state index >= 15 is 0 Å². The van der Waals surface area contributed by atoms with E-state index in [-0.39, 0.29) is 5.91 Å². The molecule has 1 atom stereocenters. The molecule has 0 bridgehead atoms. The molecule has 1 fully saturated rings. The second-order valence-electron chi connectivity index (χ2n) is 5.01. The number of carbonyl (C=O) groups excluding carboxylic acids is 1. The molecule has 1 aromatic rings. The Morgan fingerprint density at radius 2 is 2.10 bits per heavy atom. The number of carbonyl (C=O) groups is 1. The van der Waals surface area contributed by atoms with Crippen molar-refractivity contribution in [3.63, 3.8) is 0 Å².